The first-order valence-electron chi connectivity index (χ1n) is 6.09. The maximum absolute atomic E-state index is 10.5. The van der Waals surface area contributed by atoms with Crippen molar-refractivity contribution in [3.05, 3.63) is 0 Å². The predicted molar refractivity (Wildman–Crippen MR) is 59.2 cm³/mol. The van der Waals surface area contributed by atoms with E-state index in [4.69, 9.17) is 0 Å². The minimum absolute atomic E-state index is 0.235. The summed E-state index contributed by atoms with van der Waals surface area (Å²) in [7, 11) is 0. The molecule has 1 unspecified atom stereocenters. The largest absolute Gasteiger partial charge is 0.390 e. The molecule has 1 N–H and O–H groups in total. The van der Waals surface area contributed by atoms with Crippen LogP contribution in [0.4, 0.5) is 0 Å². The summed E-state index contributed by atoms with van der Waals surface area (Å²) in [5, 5.41) is 10.5. The molecule has 14 heavy (non-hydrogen) atoms. The second-order valence-corrected chi connectivity index (χ2v) is 6.53. The van der Waals surface area contributed by atoms with E-state index in [1.165, 1.54) is 38.5 Å². The van der Waals surface area contributed by atoms with Gasteiger partial charge in [-0.3, -0.25) is 0 Å². The van der Waals surface area contributed by atoms with E-state index in [0.29, 0.717) is 5.41 Å². The minimum atomic E-state index is -0.425. The fourth-order valence-corrected chi connectivity index (χ4v) is 3.18. The van der Waals surface area contributed by atoms with E-state index in [1.54, 1.807) is 0 Å². The zero-order chi connectivity index (χ0) is 10.4. The van der Waals surface area contributed by atoms with E-state index in [1.807, 2.05) is 0 Å². The third kappa shape index (κ3) is 1.71. The van der Waals surface area contributed by atoms with Crippen LogP contribution in [0.3, 0.4) is 0 Å². The van der Waals surface area contributed by atoms with Gasteiger partial charge in [-0.2, -0.15) is 0 Å². The topological polar surface area (TPSA) is 20.2 Å². The molecule has 0 heterocycles. The molecular formula is C13H24O. The zero-order valence-corrected chi connectivity index (χ0v) is 9.90. The molecule has 1 nitrogen and oxygen atoms in total. The van der Waals surface area contributed by atoms with Crippen LogP contribution in [0.1, 0.15) is 65.7 Å². The first kappa shape index (κ1) is 10.5. The maximum Gasteiger partial charge on any atom is 0.0678 e. The van der Waals surface area contributed by atoms with Crippen LogP contribution < -0.4 is 0 Å². The molecule has 0 spiro atoms. The Morgan fingerprint density at radius 1 is 1.07 bits per heavy atom. The van der Waals surface area contributed by atoms with Gasteiger partial charge in [-0.15, -0.1) is 0 Å². The fourth-order valence-electron chi connectivity index (χ4n) is 3.18. The van der Waals surface area contributed by atoms with E-state index in [-0.39, 0.29) is 5.41 Å². The summed E-state index contributed by atoms with van der Waals surface area (Å²) >= 11 is 0. The van der Waals surface area contributed by atoms with Crippen molar-refractivity contribution in [2.75, 3.05) is 0 Å². The lowest BCUT2D eigenvalue weighted by atomic mass is 9.72. The van der Waals surface area contributed by atoms with Crippen molar-refractivity contribution < 1.29 is 5.11 Å². The monoisotopic (exact) mass is 196 g/mol. The first-order valence-corrected chi connectivity index (χ1v) is 6.09. The van der Waals surface area contributed by atoms with Gasteiger partial charge in [0.2, 0.25) is 0 Å². The lowest BCUT2D eigenvalue weighted by Gasteiger charge is -2.38. The summed E-state index contributed by atoms with van der Waals surface area (Å²) < 4.78 is 0. The standard InChI is InChI=1S/C13H24O/c1-11(6-4-5-7-11)10-13(3,14)12(2)8-9-12/h14H,4-10H2,1-3H3. The lowest BCUT2D eigenvalue weighted by Crippen LogP contribution is -2.39. The second-order valence-electron chi connectivity index (χ2n) is 6.53. The Bertz CT molecular complexity index is 219. The van der Waals surface area contributed by atoms with Crippen molar-refractivity contribution in [1.29, 1.82) is 0 Å². The van der Waals surface area contributed by atoms with Crippen molar-refractivity contribution in [2.45, 2.75) is 71.3 Å². The van der Waals surface area contributed by atoms with Gasteiger partial charge >= 0.3 is 0 Å². The molecular weight excluding hydrogens is 172 g/mol. The summed E-state index contributed by atoms with van der Waals surface area (Å²) in [6, 6.07) is 0. The van der Waals surface area contributed by atoms with E-state index in [9.17, 15) is 5.11 Å². The Hall–Kier alpha value is -0.0400. The highest BCUT2D eigenvalue weighted by atomic mass is 16.3. The lowest BCUT2D eigenvalue weighted by molar-refractivity contribution is -0.0455. The van der Waals surface area contributed by atoms with Crippen molar-refractivity contribution in [2.24, 2.45) is 10.8 Å². The average molecular weight is 196 g/mol. The average Bonchev–Trinajstić information content (AvgIpc) is 2.67. The van der Waals surface area contributed by atoms with Gasteiger partial charge in [0.1, 0.15) is 0 Å². The maximum atomic E-state index is 10.5. The Kier molecular flexibility index (Phi) is 2.23. The molecule has 2 fully saturated rings. The van der Waals surface area contributed by atoms with Crippen LogP contribution in [-0.2, 0) is 0 Å². The molecule has 2 saturated carbocycles. The van der Waals surface area contributed by atoms with Gasteiger partial charge in [0.15, 0.2) is 0 Å². The zero-order valence-electron chi connectivity index (χ0n) is 9.90. The quantitative estimate of drug-likeness (QED) is 0.732. The molecule has 0 aromatic carbocycles. The van der Waals surface area contributed by atoms with Crippen LogP contribution in [-0.4, -0.2) is 10.7 Å². The van der Waals surface area contributed by atoms with Gasteiger partial charge in [0.25, 0.3) is 0 Å². The molecule has 2 rings (SSSR count). The Balaban J connectivity index is 2.02. The van der Waals surface area contributed by atoms with E-state index in [2.05, 4.69) is 20.8 Å². The van der Waals surface area contributed by atoms with Gasteiger partial charge in [-0.1, -0.05) is 26.7 Å². The Morgan fingerprint density at radius 3 is 2.00 bits per heavy atom. The number of aliphatic hydroxyl groups is 1. The summed E-state index contributed by atoms with van der Waals surface area (Å²) in [6.07, 6.45) is 8.81. The minimum Gasteiger partial charge on any atom is -0.390 e. The Labute approximate surface area is 87.9 Å². The third-order valence-corrected chi connectivity index (χ3v) is 4.88. The normalized spacial score (nSPS) is 32.6. The van der Waals surface area contributed by atoms with Gasteiger partial charge in [0.05, 0.1) is 5.60 Å². The van der Waals surface area contributed by atoms with E-state index in [0.717, 1.165) is 6.42 Å². The highest BCUT2D eigenvalue weighted by Gasteiger charge is 2.54. The van der Waals surface area contributed by atoms with Crippen molar-refractivity contribution in [1.82, 2.24) is 0 Å². The molecule has 0 radical (unpaired) electrons. The smallest absolute Gasteiger partial charge is 0.0678 e. The molecule has 1 heteroatoms. The van der Waals surface area contributed by atoms with Crippen LogP contribution in [0.25, 0.3) is 0 Å². The molecule has 1 atom stereocenters. The second kappa shape index (κ2) is 2.98. The van der Waals surface area contributed by atoms with Crippen molar-refractivity contribution in [3.8, 4) is 0 Å². The van der Waals surface area contributed by atoms with Crippen LogP contribution in [0, 0.1) is 10.8 Å². The molecule has 0 amide bonds. The number of rotatable bonds is 3. The van der Waals surface area contributed by atoms with Gasteiger partial charge in [-0.25, -0.2) is 0 Å². The highest BCUT2D eigenvalue weighted by molar-refractivity contribution is 5.05. The fraction of sp³-hybridized carbons (Fsp3) is 1.00. The molecule has 0 bridgehead atoms. The van der Waals surface area contributed by atoms with E-state index < -0.39 is 5.60 Å². The SMILES string of the molecule is CC1(CC(C)(O)C2(C)CC2)CCCC1. The van der Waals surface area contributed by atoms with E-state index >= 15 is 0 Å². The van der Waals surface area contributed by atoms with Crippen LogP contribution >= 0.6 is 0 Å². The Morgan fingerprint density at radius 2 is 1.57 bits per heavy atom. The van der Waals surface area contributed by atoms with Crippen molar-refractivity contribution in [3.63, 3.8) is 0 Å². The summed E-state index contributed by atoms with van der Waals surface area (Å²) in [5.74, 6) is 0. The third-order valence-electron chi connectivity index (χ3n) is 4.88. The first-order chi connectivity index (χ1) is 6.37. The van der Waals surface area contributed by atoms with Crippen LogP contribution in [0.5, 0.6) is 0 Å². The summed E-state index contributed by atoms with van der Waals surface area (Å²) in [6.45, 7) is 6.66. The van der Waals surface area contributed by atoms with Crippen molar-refractivity contribution >= 4 is 0 Å². The molecule has 2 aliphatic rings. The summed E-state index contributed by atoms with van der Waals surface area (Å²) in [5.41, 5.74) is 0.236. The van der Waals surface area contributed by atoms with Crippen LogP contribution in [0.2, 0.25) is 0 Å². The van der Waals surface area contributed by atoms with Gasteiger partial charge in [0, 0.05) is 0 Å². The number of hydrogen-bond donors (Lipinski definition) is 1. The predicted octanol–water partition coefficient (Wildman–Crippen LogP) is 3.51. The summed E-state index contributed by atoms with van der Waals surface area (Å²) in [4.78, 5) is 0. The molecule has 2 aliphatic carbocycles. The van der Waals surface area contributed by atoms with Gasteiger partial charge in [-0.05, 0) is 49.9 Å². The van der Waals surface area contributed by atoms with Crippen LogP contribution in [0.15, 0.2) is 0 Å². The highest BCUT2D eigenvalue weighted by Crippen LogP contribution is 2.58. The molecule has 0 aromatic rings. The molecule has 0 aliphatic heterocycles. The van der Waals surface area contributed by atoms with Gasteiger partial charge < -0.3 is 5.11 Å². The number of hydrogen-bond acceptors (Lipinski definition) is 1. The molecule has 0 saturated heterocycles. The molecule has 0 aromatic heterocycles. The molecule has 82 valence electrons.